The first-order chi connectivity index (χ1) is 15.3. The van der Waals surface area contributed by atoms with Crippen LogP contribution in [0.4, 0.5) is 19.0 Å². The van der Waals surface area contributed by atoms with E-state index in [9.17, 15) is 13.2 Å². The molecule has 0 aliphatic carbocycles. The summed E-state index contributed by atoms with van der Waals surface area (Å²) in [5.74, 6) is 0.607. The Hall–Kier alpha value is -2.65. The molecular formula is C23H19BrF3N3OS. The zero-order valence-electron chi connectivity index (χ0n) is 17.0. The highest BCUT2D eigenvalue weighted by molar-refractivity contribution is 9.10. The first-order valence-corrected chi connectivity index (χ1v) is 11.5. The molecule has 166 valence electrons. The van der Waals surface area contributed by atoms with E-state index < -0.39 is 6.36 Å². The summed E-state index contributed by atoms with van der Waals surface area (Å²) in [7, 11) is 0. The van der Waals surface area contributed by atoms with E-state index >= 15 is 0 Å². The van der Waals surface area contributed by atoms with Crippen LogP contribution in [0, 0.1) is 6.92 Å². The second-order valence-electron chi connectivity index (χ2n) is 7.22. The summed E-state index contributed by atoms with van der Waals surface area (Å²) in [4.78, 5) is 11.0. The molecule has 0 amide bonds. The van der Waals surface area contributed by atoms with Crippen molar-refractivity contribution in [1.82, 2.24) is 9.97 Å². The second kappa shape index (κ2) is 9.46. The number of nitrogens with zero attached hydrogens (tertiary/aromatic N) is 2. The van der Waals surface area contributed by atoms with Gasteiger partial charge in [-0.25, -0.2) is 9.97 Å². The standard InChI is InChI=1S/C23H19BrF3N3OS/c1-14-13-19-20(29-22(24)30-21(19)32-14)28-12-2-3-15-4-6-16(7-5-15)17-8-10-18(11-9-17)31-23(25,26)27/h4-11,13H,2-3,12H2,1H3,(H,28,29,30). The van der Waals surface area contributed by atoms with E-state index in [0.29, 0.717) is 4.73 Å². The predicted molar refractivity (Wildman–Crippen MR) is 125 cm³/mol. The van der Waals surface area contributed by atoms with Gasteiger partial charge in [0.1, 0.15) is 16.4 Å². The average molecular weight is 522 g/mol. The Labute approximate surface area is 195 Å². The number of alkyl halides is 3. The summed E-state index contributed by atoms with van der Waals surface area (Å²) < 4.78 is 41.3. The summed E-state index contributed by atoms with van der Waals surface area (Å²) in [5.41, 5.74) is 2.96. The summed E-state index contributed by atoms with van der Waals surface area (Å²) in [6.45, 7) is 2.83. The van der Waals surface area contributed by atoms with Crippen LogP contribution in [-0.2, 0) is 6.42 Å². The number of nitrogens with one attached hydrogen (secondary N) is 1. The first kappa shape index (κ1) is 22.5. The average Bonchev–Trinajstić information content (AvgIpc) is 3.11. The van der Waals surface area contributed by atoms with Gasteiger partial charge in [-0.2, -0.15) is 0 Å². The smallest absolute Gasteiger partial charge is 0.406 e. The van der Waals surface area contributed by atoms with Gasteiger partial charge in [0.25, 0.3) is 0 Å². The lowest BCUT2D eigenvalue weighted by molar-refractivity contribution is -0.274. The summed E-state index contributed by atoms with van der Waals surface area (Å²) in [6, 6.07) is 16.0. The van der Waals surface area contributed by atoms with Crippen molar-refractivity contribution in [3.05, 3.63) is 69.8 Å². The van der Waals surface area contributed by atoms with E-state index in [1.54, 1.807) is 23.5 Å². The lowest BCUT2D eigenvalue weighted by atomic mass is 10.0. The molecule has 0 unspecified atom stereocenters. The van der Waals surface area contributed by atoms with Crippen molar-refractivity contribution in [3.63, 3.8) is 0 Å². The SMILES string of the molecule is Cc1cc2c(NCCCc3ccc(-c4ccc(OC(F)(F)F)cc4)cc3)nc(Br)nc2s1. The molecule has 1 N–H and O–H groups in total. The lowest BCUT2D eigenvalue weighted by Crippen LogP contribution is -2.16. The molecule has 0 atom stereocenters. The van der Waals surface area contributed by atoms with E-state index in [2.05, 4.69) is 48.9 Å². The highest BCUT2D eigenvalue weighted by atomic mass is 79.9. The molecule has 0 aliphatic rings. The Bertz CT molecular complexity index is 1210. The molecule has 0 bridgehead atoms. The molecular weight excluding hydrogens is 503 g/mol. The molecule has 0 fully saturated rings. The van der Waals surface area contributed by atoms with Crippen molar-refractivity contribution in [3.8, 4) is 16.9 Å². The van der Waals surface area contributed by atoms with Crippen LogP contribution in [-0.4, -0.2) is 22.9 Å². The van der Waals surface area contributed by atoms with Crippen LogP contribution in [0.15, 0.2) is 59.3 Å². The number of fused-ring (bicyclic) bond motifs is 1. The monoisotopic (exact) mass is 521 g/mol. The number of anilines is 1. The van der Waals surface area contributed by atoms with Crippen molar-refractivity contribution >= 4 is 43.3 Å². The van der Waals surface area contributed by atoms with Gasteiger partial charge >= 0.3 is 6.36 Å². The van der Waals surface area contributed by atoms with Gasteiger partial charge in [0.2, 0.25) is 0 Å². The Balaban J connectivity index is 1.32. The molecule has 9 heteroatoms. The molecule has 4 rings (SSSR count). The number of aryl methyl sites for hydroxylation is 2. The van der Waals surface area contributed by atoms with Gasteiger partial charge in [0.05, 0.1) is 5.39 Å². The van der Waals surface area contributed by atoms with Crippen LogP contribution in [0.2, 0.25) is 0 Å². The molecule has 0 radical (unpaired) electrons. The fourth-order valence-electron chi connectivity index (χ4n) is 3.36. The Morgan fingerprint density at radius 1 is 1.00 bits per heavy atom. The van der Waals surface area contributed by atoms with Crippen LogP contribution in [0.5, 0.6) is 5.75 Å². The molecule has 4 nitrogen and oxygen atoms in total. The third-order valence-electron chi connectivity index (χ3n) is 4.80. The number of thiophene rings is 1. The molecule has 2 heterocycles. The summed E-state index contributed by atoms with van der Waals surface area (Å²) in [6.07, 6.45) is -2.87. The minimum Gasteiger partial charge on any atom is -0.406 e. The number of rotatable bonds is 7. The zero-order valence-corrected chi connectivity index (χ0v) is 19.4. The molecule has 0 spiro atoms. The lowest BCUT2D eigenvalue weighted by Gasteiger charge is -2.10. The Morgan fingerprint density at radius 2 is 1.66 bits per heavy atom. The molecule has 4 aromatic rings. The van der Waals surface area contributed by atoms with Crippen molar-refractivity contribution in [2.45, 2.75) is 26.1 Å². The molecule has 32 heavy (non-hydrogen) atoms. The first-order valence-electron chi connectivity index (χ1n) is 9.89. The third-order valence-corrected chi connectivity index (χ3v) is 6.10. The molecule has 2 aromatic carbocycles. The Morgan fingerprint density at radius 3 is 2.31 bits per heavy atom. The number of ether oxygens (including phenoxy) is 1. The van der Waals surface area contributed by atoms with Crippen molar-refractivity contribution < 1.29 is 17.9 Å². The number of aromatic nitrogens is 2. The molecule has 2 aromatic heterocycles. The predicted octanol–water partition coefficient (Wildman–Crippen LogP) is 7.37. The summed E-state index contributed by atoms with van der Waals surface area (Å²) >= 11 is 5.01. The van der Waals surface area contributed by atoms with E-state index in [4.69, 9.17) is 0 Å². The maximum Gasteiger partial charge on any atom is 0.573 e. The topological polar surface area (TPSA) is 47.0 Å². The van der Waals surface area contributed by atoms with Crippen molar-refractivity contribution in [2.24, 2.45) is 0 Å². The normalized spacial score (nSPS) is 11.7. The highest BCUT2D eigenvalue weighted by Crippen LogP contribution is 2.30. The second-order valence-corrected chi connectivity index (χ2v) is 9.16. The van der Waals surface area contributed by atoms with Crippen molar-refractivity contribution in [1.29, 1.82) is 0 Å². The van der Waals surface area contributed by atoms with Gasteiger partial charge in [0.15, 0.2) is 4.73 Å². The van der Waals surface area contributed by atoms with E-state index in [1.165, 1.54) is 22.6 Å². The van der Waals surface area contributed by atoms with Crippen LogP contribution < -0.4 is 10.1 Å². The van der Waals surface area contributed by atoms with Gasteiger partial charge in [-0.15, -0.1) is 24.5 Å². The number of hydrogen-bond acceptors (Lipinski definition) is 5. The summed E-state index contributed by atoms with van der Waals surface area (Å²) in [5, 5.41) is 4.44. The maximum atomic E-state index is 12.3. The van der Waals surface area contributed by atoms with Gasteiger partial charge in [-0.05, 0) is 70.6 Å². The maximum absolute atomic E-state index is 12.3. The van der Waals surface area contributed by atoms with Gasteiger partial charge in [0, 0.05) is 11.4 Å². The van der Waals surface area contributed by atoms with E-state index in [1.807, 2.05) is 24.3 Å². The van der Waals surface area contributed by atoms with Crippen LogP contribution in [0.1, 0.15) is 16.9 Å². The van der Waals surface area contributed by atoms with E-state index in [-0.39, 0.29) is 5.75 Å². The zero-order chi connectivity index (χ0) is 22.7. The van der Waals surface area contributed by atoms with Crippen LogP contribution in [0.25, 0.3) is 21.3 Å². The minimum atomic E-state index is -4.68. The molecule has 0 aliphatic heterocycles. The van der Waals surface area contributed by atoms with Gasteiger partial charge in [-0.3, -0.25) is 0 Å². The fourth-order valence-corrected chi connectivity index (χ4v) is 4.71. The fraction of sp³-hybridized carbons (Fsp3) is 0.217. The number of hydrogen-bond donors (Lipinski definition) is 1. The Kier molecular flexibility index (Phi) is 6.66. The van der Waals surface area contributed by atoms with Gasteiger partial charge < -0.3 is 10.1 Å². The quantitative estimate of drug-likeness (QED) is 0.203. The van der Waals surface area contributed by atoms with Crippen molar-refractivity contribution in [2.75, 3.05) is 11.9 Å². The van der Waals surface area contributed by atoms with Crippen LogP contribution >= 0.6 is 27.3 Å². The van der Waals surface area contributed by atoms with E-state index in [0.717, 1.165) is 46.5 Å². The highest BCUT2D eigenvalue weighted by Gasteiger charge is 2.30. The van der Waals surface area contributed by atoms with Gasteiger partial charge in [-0.1, -0.05) is 36.4 Å². The number of halogens is 4. The molecule has 0 saturated carbocycles. The minimum absolute atomic E-state index is 0.226. The molecule has 0 saturated heterocycles. The largest absolute Gasteiger partial charge is 0.573 e. The number of benzene rings is 2. The van der Waals surface area contributed by atoms with Crippen LogP contribution in [0.3, 0.4) is 0 Å². The third kappa shape index (κ3) is 5.77.